The summed E-state index contributed by atoms with van der Waals surface area (Å²) < 4.78 is 85.5. The van der Waals surface area contributed by atoms with Crippen LogP contribution in [0.4, 0.5) is 26.3 Å². The normalized spacial score (nSPS) is 12.0. The fourth-order valence-electron chi connectivity index (χ4n) is 5.19. The molecule has 258 valence electrons. The van der Waals surface area contributed by atoms with Gasteiger partial charge in [-0.05, 0) is 72.2 Å². The third-order valence-corrected chi connectivity index (χ3v) is 11.7. The molecule has 0 amide bonds. The predicted octanol–water partition coefficient (Wildman–Crippen LogP) is 6.69. The first kappa shape index (κ1) is 39.3. The second kappa shape index (κ2) is 18.0. The van der Waals surface area contributed by atoms with Gasteiger partial charge in [0.1, 0.15) is 23.2 Å². The van der Waals surface area contributed by atoms with Crippen molar-refractivity contribution < 1.29 is 48.2 Å². The quantitative estimate of drug-likeness (QED) is 0.0918. The summed E-state index contributed by atoms with van der Waals surface area (Å²) in [5, 5.41) is 4.07. The van der Waals surface area contributed by atoms with Crippen LogP contribution < -0.4 is 28.3 Å². The van der Waals surface area contributed by atoms with Crippen molar-refractivity contribution in [3.8, 4) is 11.3 Å². The number of rotatable bonds is 10. The molecule has 0 radical (unpaired) electrons. The summed E-state index contributed by atoms with van der Waals surface area (Å²) in [5.41, 5.74) is 0.894. The zero-order valence-corrected chi connectivity index (χ0v) is 28.4. The Labute approximate surface area is 289 Å². The van der Waals surface area contributed by atoms with Crippen LogP contribution >= 0.6 is 7.26 Å². The average Bonchev–Trinajstić information content (AvgIpc) is 3.10. The van der Waals surface area contributed by atoms with E-state index in [-0.39, 0.29) is 18.8 Å². The molecule has 0 saturated carbocycles. The number of pyridine rings is 1. The molecule has 49 heavy (non-hydrogen) atoms. The van der Waals surface area contributed by atoms with Gasteiger partial charge in [0.25, 0.3) is 0 Å². The van der Waals surface area contributed by atoms with E-state index in [1.165, 1.54) is 53.7 Å². The number of methoxy groups -OCH3 is 2. The van der Waals surface area contributed by atoms with Gasteiger partial charge in [-0.3, -0.25) is 4.98 Å². The Morgan fingerprint density at radius 2 is 1.16 bits per heavy atom. The molecule has 0 N–H and O–H groups in total. The van der Waals surface area contributed by atoms with Gasteiger partial charge >= 0.3 is 12.4 Å². The van der Waals surface area contributed by atoms with Gasteiger partial charge in [-0.2, -0.15) is 26.3 Å². The first-order valence-corrected chi connectivity index (χ1v) is 16.9. The molecule has 11 heteroatoms. The van der Waals surface area contributed by atoms with Crippen molar-refractivity contribution in [1.82, 2.24) is 4.98 Å². The molecule has 0 unspecified atom stereocenters. The van der Waals surface area contributed by atoms with Crippen LogP contribution in [0.5, 0.6) is 0 Å². The Morgan fingerprint density at radius 3 is 1.53 bits per heavy atom. The molecule has 1 aromatic heterocycles. The number of ether oxygens (including phenoxy) is 2. The Morgan fingerprint density at radius 1 is 0.673 bits per heavy atom. The topological polar surface area (TPSA) is 31.4 Å². The molecule has 5 aromatic rings. The van der Waals surface area contributed by atoms with Gasteiger partial charge in [0.15, 0.2) is 6.35 Å². The first-order valence-electron chi connectivity index (χ1n) is 14.9. The van der Waals surface area contributed by atoms with Gasteiger partial charge in [-0.1, -0.05) is 72.8 Å². The zero-order chi connectivity index (χ0) is 34.6. The van der Waals surface area contributed by atoms with Gasteiger partial charge in [-0.25, -0.2) is 0 Å². The van der Waals surface area contributed by atoms with E-state index in [4.69, 9.17) is 9.47 Å². The maximum Gasteiger partial charge on any atom is 0.416 e. The van der Waals surface area contributed by atoms with Gasteiger partial charge < -0.3 is 21.9 Å². The van der Waals surface area contributed by atoms with E-state index < -0.39 is 31.6 Å². The molecule has 5 rings (SSSR count). The van der Waals surface area contributed by atoms with E-state index in [0.717, 1.165) is 12.1 Å². The molecular weight excluding hydrogens is 683 g/mol. The summed E-state index contributed by atoms with van der Waals surface area (Å²) in [4.78, 5) is 4.13. The molecular formula is C38H35ClF6NO2P. The molecule has 3 nitrogen and oxygen atoms in total. The number of allylic oxidation sites excluding steroid dienone is 1. The lowest BCUT2D eigenvalue weighted by Crippen LogP contribution is -3.00. The molecule has 0 spiro atoms. The molecule has 0 fully saturated rings. The first-order chi connectivity index (χ1) is 23.0. The molecule has 0 aliphatic rings. The van der Waals surface area contributed by atoms with Gasteiger partial charge in [0.2, 0.25) is 0 Å². The van der Waals surface area contributed by atoms with Crippen molar-refractivity contribution in [3.63, 3.8) is 0 Å². The van der Waals surface area contributed by atoms with Crippen LogP contribution in [0.3, 0.4) is 0 Å². The van der Waals surface area contributed by atoms with Crippen LogP contribution in [0.1, 0.15) is 24.0 Å². The molecule has 0 saturated heterocycles. The number of hydrogen-bond acceptors (Lipinski definition) is 3. The highest BCUT2D eigenvalue weighted by Gasteiger charge is 2.45. The smallest absolute Gasteiger partial charge is 0.416 e. The number of aromatic nitrogens is 1. The van der Waals surface area contributed by atoms with Crippen molar-refractivity contribution in [2.24, 2.45) is 0 Å². The number of halogens is 7. The van der Waals surface area contributed by atoms with Gasteiger partial charge in [-0.15, -0.1) is 0 Å². The molecule has 4 aromatic carbocycles. The van der Waals surface area contributed by atoms with Crippen LogP contribution in [0.15, 0.2) is 140 Å². The van der Waals surface area contributed by atoms with E-state index >= 15 is 0 Å². The summed E-state index contributed by atoms with van der Waals surface area (Å²) in [6.45, 7) is 0. The lowest BCUT2D eigenvalue weighted by molar-refractivity contribution is -0.137. The third-order valence-electron chi connectivity index (χ3n) is 7.49. The van der Waals surface area contributed by atoms with E-state index in [1.807, 2.05) is 0 Å². The summed E-state index contributed by atoms with van der Waals surface area (Å²) >= 11 is 0. The van der Waals surface area contributed by atoms with Gasteiger partial charge in [0, 0.05) is 25.3 Å². The summed E-state index contributed by atoms with van der Waals surface area (Å²) in [7, 11) is 1.35. The second-order valence-electron chi connectivity index (χ2n) is 10.7. The van der Waals surface area contributed by atoms with Crippen LogP contribution in [-0.4, -0.2) is 31.7 Å². The highest BCUT2D eigenvalue weighted by atomic mass is 35.5. The van der Waals surface area contributed by atoms with Crippen LogP contribution in [0.2, 0.25) is 0 Å². The van der Waals surface area contributed by atoms with Crippen molar-refractivity contribution in [1.29, 1.82) is 0 Å². The van der Waals surface area contributed by atoms with Crippen molar-refractivity contribution in [2.45, 2.75) is 25.2 Å². The maximum atomic E-state index is 12.6. The summed E-state index contributed by atoms with van der Waals surface area (Å²) in [5.74, 6) is 0. The minimum atomic E-state index is -4.42. The lowest BCUT2D eigenvalue weighted by Gasteiger charge is -2.26. The van der Waals surface area contributed by atoms with Crippen LogP contribution in [-0.2, 0) is 15.7 Å². The van der Waals surface area contributed by atoms with Gasteiger partial charge in [0.05, 0.1) is 24.6 Å². The van der Waals surface area contributed by atoms with Crippen molar-refractivity contribution in [2.75, 3.05) is 20.6 Å². The highest BCUT2D eigenvalue weighted by Crippen LogP contribution is 2.55. The van der Waals surface area contributed by atoms with E-state index in [0.29, 0.717) is 28.7 Å². The Kier molecular flexibility index (Phi) is 14.4. The van der Waals surface area contributed by atoms with E-state index in [2.05, 4.69) is 96.0 Å². The van der Waals surface area contributed by atoms with Crippen LogP contribution in [0.25, 0.3) is 16.8 Å². The third kappa shape index (κ3) is 10.7. The molecule has 0 atom stereocenters. The highest BCUT2D eigenvalue weighted by molar-refractivity contribution is 7.95. The van der Waals surface area contributed by atoms with Crippen molar-refractivity contribution in [3.05, 3.63) is 151 Å². The second-order valence-corrected chi connectivity index (χ2v) is 14.2. The van der Waals surface area contributed by atoms with E-state index in [1.54, 1.807) is 13.2 Å². The average molecular weight is 718 g/mol. The predicted molar refractivity (Wildman–Crippen MR) is 182 cm³/mol. The monoisotopic (exact) mass is 717 g/mol. The fourth-order valence-corrected chi connectivity index (χ4v) is 8.96. The standard InChI is InChI=1S/C20H20OP.C18H15F6NO.ClH/c1-21-17-22(18-11-5-2-6-12-18,19-13-7-3-8-14-19)20-15-9-4-10-16-20;1-26-11-14(8-9-17(19,20)21)13-4-7-16(25-10-13)12-2-5-15(6-3-12)18(22,23)24;/h2-16H,17H2,1H3;2-7,10-11H,8-9H2,1H3;1H/q+1;;/p-1. The molecule has 0 aliphatic carbocycles. The number of nitrogens with zero attached hydrogens (tertiary/aromatic N) is 1. The summed E-state index contributed by atoms with van der Waals surface area (Å²) in [6.07, 6.45) is -6.67. The van der Waals surface area contributed by atoms with Crippen LogP contribution in [0, 0.1) is 0 Å². The number of hydrogen-bond donors (Lipinski definition) is 0. The maximum absolute atomic E-state index is 12.6. The number of alkyl halides is 6. The van der Waals surface area contributed by atoms with Crippen molar-refractivity contribution >= 4 is 28.7 Å². The van der Waals surface area contributed by atoms with E-state index in [9.17, 15) is 26.3 Å². The molecule has 0 bridgehead atoms. The largest absolute Gasteiger partial charge is 1.00 e. The Bertz CT molecular complexity index is 1620. The Hall–Kier alpha value is -4.17. The minimum absolute atomic E-state index is 0. The fraction of sp³-hybridized carbons (Fsp3) is 0.184. The Balaban J connectivity index is 0.000000263. The molecule has 0 aliphatic heterocycles. The summed E-state index contributed by atoms with van der Waals surface area (Å²) in [6, 6.07) is 39.9. The SMILES string of the molecule is COC=C(CCC(F)(F)F)c1ccc(-c2ccc(C(F)(F)F)cc2)nc1.COC[P+](c1ccccc1)(c1ccccc1)c1ccccc1.[Cl-]. The number of benzene rings is 4. The minimum Gasteiger partial charge on any atom is -1.00 e. The lowest BCUT2D eigenvalue weighted by atomic mass is 10.0. The zero-order valence-electron chi connectivity index (χ0n) is 26.8. The molecule has 1 heterocycles.